The highest BCUT2D eigenvalue weighted by molar-refractivity contribution is 7.80. The van der Waals surface area contributed by atoms with Crippen LogP contribution in [-0.2, 0) is 0 Å². The van der Waals surface area contributed by atoms with Crippen LogP contribution in [0.5, 0.6) is 0 Å². The molecule has 2 heterocycles. The first-order valence-corrected chi connectivity index (χ1v) is 15.0. The molecule has 0 aromatic heterocycles. The van der Waals surface area contributed by atoms with E-state index < -0.39 is 10.8 Å². The second-order valence-electron chi connectivity index (χ2n) is 10.7. The van der Waals surface area contributed by atoms with Crippen molar-refractivity contribution in [2.75, 3.05) is 54.4 Å². The quantitative estimate of drug-likeness (QED) is 0.207. The van der Waals surface area contributed by atoms with Crippen LogP contribution in [0.4, 0.5) is 22.7 Å². The van der Waals surface area contributed by atoms with Gasteiger partial charge < -0.3 is 20.0 Å². The highest BCUT2D eigenvalue weighted by atomic mass is 35.5. The standard InChI is InChI=1S/C31H33ClN6O4S/c1-21-7-3-4-8-24(21)30(40)37-17-15-36(16-18-37)26-12-10-23(20-25(26)32)33-31(43)34-29(39)22-9-11-27(28(19-22)38(41)42)35-13-5-2-6-14-35/h3-4,7-12,19-20H,2,5-6,13-18H2,1H3,(H2,33,34,39,43). The van der Waals surface area contributed by atoms with Crippen molar-refractivity contribution in [3.63, 3.8) is 0 Å². The van der Waals surface area contributed by atoms with Crippen LogP contribution in [0, 0.1) is 17.0 Å². The SMILES string of the molecule is Cc1ccccc1C(=O)N1CCN(c2ccc(NC(=S)NC(=O)c3ccc(N4CCCCC4)c([N+](=O)[O-])c3)cc2Cl)CC1. The maximum Gasteiger partial charge on any atom is 0.293 e. The molecule has 0 bridgehead atoms. The molecule has 10 nitrogen and oxygen atoms in total. The van der Waals surface area contributed by atoms with E-state index in [9.17, 15) is 19.7 Å². The number of aryl methyl sites for hydroxylation is 1. The number of anilines is 3. The topological polar surface area (TPSA) is 111 Å². The lowest BCUT2D eigenvalue weighted by molar-refractivity contribution is -0.384. The van der Waals surface area contributed by atoms with Gasteiger partial charge in [-0.25, -0.2) is 0 Å². The lowest BCUT2D eigenvalue weighted by Crippen LogP contribution is -2.49. The van der Waals surface area contributed by atoms with E-state index in [4.69, 9.17) is 23.8 Å². The van der Waals surface area contributed by atoms with Gasteiger partial charge in [0.2, 0.25) is 0 Å². The molecule has 0 unspecified atom stereocenters. The second kappa shape index (κ2) is 13.4. The van der Waals surface area contributed by atoms with Gasteiger partial charge in [0, 0.05) is 62.1 Å². The summed E-state index contributed by atoms with van der Waals surface area (Å²) >= 11 is 12.0. The first kappa shape index (κ1) is 30.2. The Labute approximate surface area is 260 Å². The Hall–Kier alpha value is -4.22. The van der Waals surface area contributed by atoms with E-state index in [2.05, 4.69) is 15.5 Å². The monoisotopic (exact) mass is 620 g/mol. The highest BCUT2D eigenvalue weighted by Gasteiger charge is 2.25. The van der Waals surface area contributed by atoms with Crippen LogP contribution < -0.4 is 20.4 Å². The van der Waals surface area contributed by atoms with Gasteiger partial charge in [-0.3, -0.25) is 25.0 Å². The van der Waals surface area contributed by atoms with Gasteiger partial charge in [0.25, 0.3) is 17.5 Å². The molecule has 2 fully saturated rings. The zero-order valence-electron chi connectivity index (χ0n) is 23.8. The van der Waals surface area contributed by atoms with Crippen molar-refractivity contribution >= 4 is 63.5 Å². The van der Waals surface area contributed by atoms with E-state index in [1.807, 2.05) is 53.1 Å². The normalized spacial score (nSPS) is 15.2. The highest BCUT2D eigenvalue weighted by Crippen LogP contribution is 2.32. The summed E-state index contributed by atoms with van der Waals surface area (Å²) in [5.74, 6) is -0.516. The summed E-state index contributed by atoms with van der Waals surface area (Å²) in [7, 11) is 0. The number of amides is 2. The number of carbonyl (C=O) groups is 2. The van der Waals surface area contributed by atoms with Gasteiger partial charge in [-0.1, -0.05) is 29.8 Å². The largest absolute Gasteiger partial charge is 0.367 e. The Morgan fingerprint density at radius 1 is 0.884 bits per heavy atom. The number of hydrogen-bond donors (Lipinski definition) is 2. The zero-order valence-corrected chi connectivity index (χ0v) is 25.4. The number of carbonyl (C=O) groups excluding carboxylic acids is 2. The van der Waals surface area contributed by atoms with Crippen LogP contribution in [0.1, 0.15) is 45.5 Å². The number of nitro benzene ring substituents is 1. The van der Waals surface area contributed by atoms with Gasteiger partial charge in [0.15, 0.2) is 5.11 Å². The van der Waals surface area contributed by atoms with Crippen molar-refractivity contribution in [1.82, 2.24) is 10.2 Å². The summed E-state index contributed by atoms with van der Waals surface area (Å²) in [5.41, 5.74) is 3.67. The fourth-order valence-corrected chi connectivity index (χ4v) is 6.04. The van der Waals surface area contributed by atoms with Gasteiger partial charge in [0.1, 0.15) is 5.69 Å². The Kier molecular flexibility index (Phi) is 9.42. The molecule has 43 heavy (non-hydrogen) atoms. The predicted octanol–water partition coefficient (Wildman–Crippen LogP) is 5.64. The minimum Gasteiger partial charge on any atom is -0.367 e. The van der Waals surface area contributed by atoms with E-state index >= 15 is 0 Å². The van der Waals surface area contributed by atoms with Crippen molar-refractivity contribution in [2.45, 2.75) is 26.2 Å². The fourth-order valence-electron chi connectivity index (χ4n) is 5.53. The molecule has 2 aliphatic heterocycles. The van der Waals surface area contributed by atoms with E-state index in [-0.39, 0.29) is 22.3 Å². The average molecular weight is 621 g/mol. The number of piperazine rings is 1. The molecule has 0 saturated carbocycles. The average Bonchev–Trinajstić information content (AvgIpc) is 3.01. The molecule has 0 aliphatic carbocycles. The van der Waals surface area contributed by atoms with Crippen LogP contribution in [0.3, 0.4) is 0 Å². The molecule has 2 amide bonds. The number of thiocarbonyl (C=S) groups is 1. The molecule has 12 heteroatoms. The molecule has 5 rings (SSSR count). The van der Waals surface area contributed by atoms with Crippen LogP contribution in [0.2, 0.25) is 5.02 Å². The molecule has 0 spiro atoms. The number of benzene rings is 3. The van der Waals surface area contributed by atoms with Crippen molar-refractivity contribution in [3.05, 3.63) is 92.5 Å². The van der Waals surface area contributed by atoms with E-state index in [0.29, 0.717) is 42.6 Å². The minimum atomic E-state index is -0.549. The van der Waals surface area contributed by atoms with Gasteiger partial charge in [-0.2, -0.15) is 0 Å². The lowest BCUT2D eigenvalue weighted by Gasteiger charge is -2.36. The maximum absolute atomic E-state index is 13.0. The molecule has 2 aliphatic rings. The third-order valence-corrected chi connectivity index (χ3v) is 8.35. The van der Waals surface area contributed by atoms with E-state index in [1.54, 1.807) is 18.2 Å². The van der Waals surface area contributed by atoms with Crippen LogP contribution in [0.15, 0.2) is 60.7 Å². The Balaban J connectivity index is 1.17. The lowest BCUT2D eigenvalue weighted by atomic mass is 10.1. The van der Waals surface area contributed by atoms with Crippen molar-refractivity contribution in [1.29, 1.82) is 0 Å². The van der Waals surface area contributed by atoms with Crippen molar-refractivity contribution in [3.8, 4) is 0 Å². The molecule has 3 aromatic rings. The number of nitro groups is 1. The Morgan fingerprint density at radius 2 is 1.56 bits per heavy atom. The number of halogens is 1. The van der Waals surface area contributed by atoms with Gasteiger partial charge in [-0.05, 0) is 80.4 Å². The molecular formula is C31H33ClN6O4S. The number of nitrogens with zero attached hydrogens (tertiary/aromatic N) is 4. The predicted molar refractivity (Wildman–Crippen MR) is 174 cm³/mol. The van der Waals surface area contributed by atoms with E-state index in [0.717, 1.165) is 49.2 Å². The number of nitrogens with one attached hydrogen (secondary N) is 2. The van der Waals surface area contributed by atoms with E-state index in [1.165, 1.54) is 6.07 Å². The van der Waals surface area contributed by atoms with Gasteiger partial charge >= 0.3 is 0 Å². The third-order valence-electron chi connectivity index (χ3n) is 7.85. The van der Waals surface area contributed by atoms with Gasteiger partial charge in [-0.15, -0.1) is 0 Å². The molecule has 3 aromatic carbocycles. The molecule has 0 atom stereocenters. The molecule has 2 saturated heterocycles. The number of hydrogen-bond acceptors (Lipinski definition) is 7. The Morgan fingerprint density at radius 3 is 2.23 bits per heavy atom. The summed E-state index contributed by atoms with van der Waals surface area (Å²) in [4.78, 5) is 43.2. The first-order chi connectivity index (χ1) is 20.7. The molecule has 224 valence electrons. The first-order valence-electron chi connectivity index (χ1n) is 14.3. The molecule has 0 radical (unpaired) electrons. The third kappa shape index (κ3) is 7.06. The van der Waals surface area contributed by atoms with Gasteiger partial charge in [0.05, 0.1) is 15.6 Å². The summed E-state index contributed by atoms with van der Waals surface area (Å²) in [6.45, 7) is 5.89. The van der Waals surface area contributed by atoms with Crippen LogP contribution >= 0.6 is 23.8 Å². The fraction of sp³-hybridized carbons (Fsp3) is 0.323. The zero-order chi connectivity index (χ0) is 30.5. The van der Waals surface area contributed by atoms with Crippen LogP contribution in [0.25, 0.3) is 0 Å². The smallest absolute Gasteiger partial charge is 0.293 e. The van der Waals surface area contributed by atoms with Crippen molar-refractivity contribution in [2.24, 2.45) is 0 Å². The number of piperidine rings is 1. The number of rotatable bonds is 6. The second-order valence-corrected chi connectivity index (χ2v) is 11.5. The summed E-state index contributed by atoms with van der Waals surface area (Å²) < 4.78 is 0. The van der Waals surface area contributed by atoms with Crippen LogP contribution in [-0.4, -0.2) is 66.0 Å². The summed E-state index contributed by atoms with van der Waals surface area (Å²) in [6, 6.07) is 17.5. The summed E-state index contributed by atoms with van der Waals surface area (Å²) in [5, 5.41) is 17.9. The maximum atomic E-state index is 13.0. The van der Waals surface area contributed by atoms with Crippen molar-refractivity contribution < 1.29 is 14.5 Å². The summed E-state index contributed by atoms with van der Waals surface area (Å²) in [6.07, 6.45) is 3.07. The molecule has 2 N–H and O–H groups in total. The molecular weight excluding hydrogens is 588 g/mol. The minimum absolute atomic E-state index is 0.0338. The Bertz CT molecular complexity index is 1550.